The maximum atomic E-state index is 6.01. The van der Waals surface area contributed by atoms with Crippen LogP contribution in [0.15, 0.2) is 30.5 Å². The zero-order valence-electron chi connectivity index (χ0n) is 15.6. The summed E-state index contributed by atoms with van der Waals surface area (Å²) in [5.74, 6) is 0.892. The summed E-state index contributed by atoms with van der Waals surface area (Å²) in [6, 6.07) is 9.32. The number of hydrogen-bond acceptors (Lipinski definition) is 4. The van der Waals surface area contributed by atoms with Crippen LogP contribution >= 0.6 is 0 Å². The number of fused-ring (bicyclic) bond motifs is 3. The van der Waals surface area contributed by atoms with E-state index in [1.165, 1.54) is 0 Å². The van der Waals surface area contributed by atoms with Gasteiger partial charge in [-0.25, -0.2) is 4.98 Å². The largest absolute Gasteiger partial charge is 0.374 e. The predicted octanol–water partition coefficient (Wildman–Crippen LogP) is 4.43. The molecule has 0 bridgehead atoms. The summed E-state index contributed by atoms with van der Waals surface area (Å²) in [7, 11) is -1.10. The highest BCUT2D eigenvalue weighted by Crippen LogP contribution is 2.25. The zero-order valence-corrected chi connectivity index (χ0v) is 16.6. The number of hydrogen-bond donors (Lipinski definition) is 0. The monoisotopic (exact) mass is 357 g/mol. The van der Waals surface area contributed by atoms with Gasteiger partial charge in [0.25, 0.3) is 0 Å². The normalized spacial score (nSPS) is 12.3. The van der Waals surface area contributed by atoms with E-state index in [0.717, 1.165) is 40.4 Å². The highest BCUT2D eigenvalue weighted by Gasteiger charge is 2.16. The van der Waals surface area contributed by atoms with E-state index in [9.17, 15) is 0 Å². The Bertz CT molecular complexity index is 855. The van der Waals surface area contributed by atoms with E-state index >= 15 is 0 Å². The quantitative estimate of drug-likeness (QED) is 0.442. The van der Waals surface area contributed by atoms with Gasteiger partial charge in [-0.3, -0.25) is 4.98 Å². The lowest BCUT2D eigenvalue weighted by Crippen LogP contribution is -2.22. The molecule has 0 N–H and O–H groups in total. The third-order valence-corrected chi connectivity index (χ3v) is 5.91. The van der Waals surface area contributed by atoms with Gasteiger partial charge in [0.2, 0.25) is 0 Å². The Balaban J connectivity index is 1.95. The van der Waals surface area contributed by atoms with Gasteiger partial charge in [0.15, 0.2) is 0 Å². The Hall–Kier alpha value is -1.76. The first-order valence-corrected chi connectivity index (χ1v) is 12.6. The Morgan fingerprint density at radius 2 is 1.88 bits per heavy atom. The average Bonchev–Trinajstić information content (AvgIpc) is 2.94. The summed E-state index contributed by atoms with van der Waals surface area (Å²) in [6.07, 6.45) is 1.84. The minimum absolute atomic E-state index is 0.483. The van der Waals surface area contributed by atoms with Crippen LogP contribution in [0.2, 0.25) is 25.7 Å². The summed E-state index contributed by atoms with van der Waals surface area (Å²) >= 11 is 0. The Morgan fingerprint density at radius 1 is 1.08 bits per heavy atom. The van der Waals surface area contributed by atoms with Crippen LogP contribution < -0.4 is 0 Å². The minimum Gasteiger partial charge on any atom is -0.374 e. The second-order valence-corrected chi connectivity index (χ2v) is 13.1. The van der Waals surface area contributed by atoms with Crippen molar-refractivity contribution in [3.05, 3.63) is 36.3 Å². The van der Waals surface area contributed by atoms with E-state index in [4.69, 9.17) is 14.5 Å². The van der Waals surface area contributed by atoms with Crippen molar-refractivity contribution >= 4 is 30.0 Å². The molecule has 0 saturated carbocycles. The number of para-hydroxylation sites is 1. The van der Waals surface area contributed by atoms with Gasteiger partial charge < -0.3 is 14.0 Å². The summed E-state index contributed by atoms with van der Waals surface area (Å²) in [5, 5.41) is 1.10. The third-order valence-electron chi connectivity index (χ3n) is 4.21. The van der Waals surface area contributed by atoms with Gasteiger partial charge in [-0.2, -0.15) is 0 Å². The minimum atomic E-state index is -1.10. The van der Waals surface area contributed by atoms with Crippen LogP contribution in [0.3, 0.4) is 0 Å². The van der Waals surface area contributed by atoms with Crippen LogP contribution in [0.4, 0.5) is 0 Å². The second-order valence-electron chi connectivity index (χ2n) is 7.45. The van der Waals surface area contributed by atoms with Gasteiger partial charge in [-0.1, -0.05) is 37.8 Å². The number of benzene rings is 1. The van der Waals surface area contributed by atoms with E-state index in [0.29, 0.717) is 19.9 Å². The van der Waals surface area contributed by atoms with Crippen molar-refractivity contribution in [3.63, 3.8) is 0 Å². The van der Waals surface area contributed by atoms with Crippen molar-refractivity contribution in [1.82, 2.24) is 14.5 Å². The molecule has 0 spiro atoms. The SMILES string of the molecule is CCOCc1nc2cnc3ccccc3c2n1COCC[Si](C)(C)C. The maximum Gasteiger partial charge on any atom is 0.137 e. The fraction of sp³-hybridized carbons (Fsp3) is 0.474. The lowest BCUT2D eigenvalue weighted by Gasteiger charge is -2.16. The molecule has 0 radical (unpaired) electrons. The van der Waals surface area contributed by atoms with Gasteiger partial charge in [0.1, 0.15) is 24.7 Å². The molecule has 6 heteroatoms. The van der Waals surface area contributed by atoms with Gasteiger partial charge in [0.05, 0.1) is 17.2 Å². The number of aromatic nitrogens is 3. The molecule has 3 aromatic rings. The lowest BCUT2D eigenvalue weighted by molar-refractivity contribution is 0.0764. The molecular weight excluding hydrogens is 330 g/mol. The molecule has 1 aromatic carbocycles. The van der Waals surface area contributed by atoms with E-state index in [1.54, 1.807) is 0 Å². The maximum absolute atomic E-state index is 6.01. The molecule has 25 heavy (non-hydrogen) atoms. The molecule has 2 heterocycles. The van der Waals surface area contributed by atoms with E-state index in [1.807, 2.05) is 31.3 Å². The van der Waals surface area contributed by atoms with Crippen molar-refractivity contribution in [3.8, 4) is 0 Å². The molecular formula is C19H27N3O2Si. The topological polar surface area (TPSA) is 49.2 Å². The van der Waals surface area contributed by atoms with Crippen molar-refractivity contribution in [2.45, 2.75) is 45.9 Å². The van der Waals surface area contributed by atoms with Gasteiger partial charge in [-0.05, 0) is 19.0 Å². The summed E-state index contributed by atoms with van der Waals surface area (Å²) in [6.45, 7) is 11.5. The number of ether oxygens (including phenoxy) is 2. The molecule has 0 saturated heterocycles. The molecule has 0 aliphatic carbocycles. The van der Waals surface area contributed by atoms with Crippen molar-refractivity contribution < 1.29 is 9.47 Å². The van der Waals surface area contributed by atoms with Crippen LogP contribution in [0, 0.1) is 0 Å². The highest BCUT2D eigenvalue weighted by molar-refractivity contribution is 6.76. The van der Waals surface area contributed by atoms with Crippen LogP contribution in [-0.4, -0.2) is 35.8 Å². The first-order chi connectivity index (χ1) is 12.0. The Morgan fingerprint density at radius 3 is 2.64 bits per heavy atom. The Labute approximate surface area is 150 Å². The average molecular weight is 358 g/mol. The second kappa shape index (κ2) is 7.64. The van der Waals surface area contributed by atoms with Crippen LogP contribution in [0.5, 0.6) is 0 Å². The van der Waals surface area contributed by atoms with E-state index in [2.05, 4.69) is 35.3 Å². The van der Waals surface area contributed by atoms with Crippen LogP contribution in [0.1, 0.15) is 12.7 Å². The molecule has 0 aliphatic heterocycles. The van der Waals surface area contributed by atoms with Gasteiger partial charge in [-0.15, -0.1) is 0 Å². The third kappa shape index (κ3) is 4.26. The van der Waals surface area contributed by atoms with Crippen molar-refractivity contribution in [2.75, 3.05) is 13.2 Å². The summed E-state index contributed by atoms with van der Waals surface area (Å²) in [5.41, 5.74) is 2.94. The number of pyridine rings is 1. The molecule has 0 unspecified atom stereocenters. The molecule has 3 rings (SSSR count). The summed E-state index contributed by atoms with van der Waals surface area (Å²) < 4.78 is 13.8. The van der Waals surface area contributed by atoms with Gasteiger partial charge >= 0.3 is 0 Å². The molecule has 134 valence electrons. The fourth-order valence-electron chi connectivity index (χ4n) is 2.79. The highest BCUT2D eigenvalue weighted by atomic mass is 28.3. The first kappa shape index (κ1) is 18.0. The Kier molecular flexibility index (Phi) is 5.51. The summed E-state index contributed by atoms with van der Waals surface area (Å²) in [4.78, 5) is 9.25. The number of imidazole rings is 1. The predicted molar refractivity (Wildman–Crippen MR) is 104 cm³/mol. The van der Waals surface area contributed by atoms with Crippen molar-refractivity contribution in [2.24, 2.45) is 0 Å². The standard InChI is InChI=1S/C19H27N3O2Si/c1-5-23-13-18-21-17-12-20-16-9-7-6-8-15(16)19(17)22(18)14-24-10-11-25(2,3)4/h6-9,12H,5,10-11,13-14H2,1-4H3. The van der Waals surface area contributed by atoms with E-state index in [-0.39, 0.29) is 0 Å². The van der Waals surface area contributed by atoms with Gasteiger partial charge in [0, 0.05) is 26.7 Å². The molecule has 0 fully saturated rings. The first-order valence-electron chi connectivity index (χ1n) is 8.88. The lowest BCUT2D eigenvalue weighted by atomic mass is 10.2. The zero-order chi connectivity index (χ0) is 17.9. The smallest absolute Gasteiger partial charge is 0.137 e. The molecule has 5 nitrogen and oxygen atoms in total. The molecule has 2 aromatic heterocycles. The van der Waals surface area contributed by atoms with Crippen LogP contribution in [0.25, 0.3) is 21.9 Å². The molecule has 0 aliphatic rings. The fourth-order valence-corrected chi connectivity index (χ4v) is 3.54. The molecule has 0 atom stereocenters. The molecule has 0 amide bonds. The number of nitrogens with zero attached hydrogens (tertiary/aromatic N) is 3. The number of rotatable bonds is 8. The van der Waals surface area contributed by atoms with Crippen LogP contribution in [-0.2, 0) is 22.8 Å². The van der Waals surface area contributed by atoms with E-state index < -0.39 is 8.07 Å². The van der Waals surface area contributed by atoms with Crippen molar-refractivity contribution in [1.29, 1.82) is 0 Å².